The van der Waals surface area contributed by atoms with Crippen LogP contribution in [0.15, 0.2) is 146 Å². The summed E-state index contributed by atoms with van der Waals surface area (Å²) in [6, 6.07) is 56.3. The summed E-state index contributed by atoms with van der Waals surface area (Å²) in [6.07, 6.45) is 13.3. The predicted molar refractivity (Wildman–Crippen MR) is 259 cm³/mol. The highest BCUT2D eigenvalue weighted by molar-refractivity contribution is 6.24. The van der Waals surface area contributed by atoms with Gasteiger partial charge >= 0.3 is 0 Å². The molecule has 2 saturated carbocycles. The van der Waals surface area contributed by atoms with Gasteiger partial charge in [-0.3, -0.25) is 0 Å². The van der Waals surface area contributed by atoms with Gasteiger partial charge in [0, 0.05) is 33.5 Å². The molecule has 300 valence electrons. The predicted octanol–water partition coefficient (Wildman–Crippen LogP) is 17.4. The Morgan fingerprint density at radius 3 is 1.00 bits per heavy atom. The second kappa shape index (κ2) is 16.3. The molecular formula is C58H58N2. The minimum Gasteiger partial charge on any atom is -0.310 e. The monoisotopic (exact) mass is 782 g/mol. The molecule has 0 bridgehead atoms. The van der Waals surface area contributed by atoms with Crippen LogP contribution in [-0.4, -0.2) is 0 Å². The van der Waals surface area contributed by atoms with Crippen molar-refractivity contribution in [1.29, 1.82) is 0 Å². The fourth-order valence-corrected chi connectivity index (χ4v) is 11.0. The number of hydrogen-bond acceptors (Lipinski definition) is 2. The SMILES string of the molecule is Cc1cc(C)cc(N(c2ccc(C3CCCCC3)cc2)c2cc3c4ccccc4c(N(c4ccc(C5CCCCC5)cc4)c4cc(C)cc(C)c4)cc3c3ccccc23)c1. The molecule has 2 nitrogen and oxygen atoms in total. The van der Waals surface area contributed by atoms with Crippen molar-refractivity contribution in [2.24, 2.45) is 0 Å². The second-order valence-corrected chi connectivity index (χ2v) is 18.2. The zero-order valence-electron chi connectivity index (χ0n) is 36.0. The number of aryl methyl sites for hydroxylation is 4. The molecule has 0 saturated heterocycles. The first-order valence-corrected chi connectivity index (χ1v) is 22.7. The molecule has 8 aromatic rings. The molecule has 0 atom stereocenters. The molecule has 0 spiro atoms. The van der Waals surface area contributed by atoms with E-state index in [1.54, 1.807) is 0 Å². The van der Waals surface area contributed by atoms with Crippen LogP contribution in [0.3, 0.4) is 0 Å². The van der Waals surface area contributed by atoms with E-state index in [-0.39, 0.29) is 0 Å². The van der Waals surface area contributed by atoms with Crippen LogP contribution in [0.25, 0.3) is 32.3 Å². The van der Waals surface area contributed by atoms with E-state index >= 15 is 0 Å². The lowest BCUT2D eigenvalue weighted by atomic mass is 9.84. The first-order valence-electron chi connectivity index (χ1n) is 22.7. The molecule has 0 N–H and O–H groups in total. The van der Waals surface area contributed by atoms with E-state index < -0.39 is 0 Å². The number of anilines is 6. The Hall–Kier alpha value is -5.86. The molecule has 0 unspecified atom stereocenters. The van der Waals surface area contributed by atoms with Crippen molar-refractivity contribution < 1.29 is 0 Å². The molecule has 0 aromatic heterocycles. The van der Waals surface area contributed by atoms with Gasteiger partial charge in [-0.1, -0.05) is 123 Å². The van der Waals surface area contributed by atoms with Crippen LogP contribution in [0, 0.1) is 27.7 Å². The topological polar surface area (TPSA) is 6.48 Å². The molecule has 0 radical (unpaired) electrons. The number of fused-ring (bicyclic) bond motifs is 5. The Kier molecular flexibility index (Phi) is 10.4. The first kappa shape index (κ1) is 38.3. The lowest BCUT2D eigenvalue weighted by Gasteiger charge is -2.31. The summed E-state index contributed by atoms with van der Waals surface area (Å²) in [6.45, 7) is 8.89. The fourth-order valence-electron chi connectivity index (χ4n) is 11.0. The summed E-state index contributed by atoms with van der Waals surface area (Å²) in [7, 11) is 0. The van der Waals surface area contributed by atoms with Gasteiger partial charge in [0.1, 0.15) is 0 Å². The largest absolute Gasteiger partial charge is 0.310 e. The van der Waals surface area contributed by atoms with Crippen LogP contribution in [0.5, 0.6) is 0 Å². The molecule has 0 heterocycles. The lowest BCUT2D eigenvalue weighted by molar-refractivity contribution is 0.443. The summed E-state index contributed by atoms with van der Waals surface area (Å²) in [5, 5.41) is 7.55. The summed E-state index contributed by atoms with van der Waals surface area (Å²) >= 11 is 0. The van der Waals surface area contributed by atoms with Gasteiger partial charge in [-0.2, -0.15) is 0 Å². The molecule has 0 amide bonds. The van der Waals surface area contributed by atoms with E-state index in [1.165, 1.54) is 164 Å². The van der Waals surface area contributed by atoms with Crippen molar-refractivity contribution in [2.45, 2.75) is 104 Å². The minimum atomic E-state index is 0.669. The van der Waals surface area contributed by atoms with Gasteiger partial charge in [0.2, 0.25) is 0 Å². The minimum absolute atomic E-state index is 0.669. The quantitative estimate of drug-likeness (QED) is 0.142. The van der Waals surface area contributed by atoms with Crippen molar-refractivity contribution in [3.8, 4) is 0 Å². The molecule has 2 aliphatic carbocycles. The normalized spacial score (nSPS) is 15.2. The summed E-state index contributed by atoms with van der Waals surface area (Å²) in [5.41, 5.74) is 15.2. The first-order chi connectivity index (χ1) is 29.4. The van der Waals surface area contributed by atoms with Crippen LogP contribution in [-0.2, 0) is 0 Å². The molecule has 8 aromatic carbocycles. The summed E-state index contributed by atoms with van der Waals surface area (Å²) in [5.74, 6) is 1.34. The van der Waals surface area contributed by atoms with Crippen molar-refractivity contribution >= 4 is 66.4 Å². The number of rotatable bonds is 8. The summed E-state index contributed by atoms with van der Waals surface area (Å²) < 4.78 is 0. The smallest absolute Gasteiger partial charge is 0.0546 e. The average Bonchev–Trinajstić information content (AvgIpc) is 3.27. The van der Waals surface area contributed by atoms with Crippen molar-refractivity contribution in [3.63, 3.8) is 0 Å². The van der Waals surface area contributed by atoms with Crippen LogP contribution in [0.1, 0.15) is 109 Å². The van der Waals surface area contributed by atoms with Crippen LogP contribution < -0.4 is 9.80 Å². The van der Waals surface area contributed by atoms with Gasteiger partial charge < -0.3 is 9.80 Å². The third kappa shape index (κ3) is 7.36. The zero-order valence-corrected chi connectivity index (χ0v) is 36.0. The third-order valence-electron chi connectivity index (χ3n) is 13.7. The van der Waals surface area contributed by atoms with E-state index in [9.17, 15) is 0 Å². The molecule has 10 rings (SSSR count). The van der Waals surface area contributed by atoms with Crippen LogP contribution >= 0.6 is 0 Å². The zero-order chi connectivity index (χ0) is 40.7. The van der Waals surface area contributed by atoms with E-state index in [2.05, 4.69) is 183 Å². The molecule has 0 aliphatic heterocycles. The highest BCUT2D eigenvalue weighted by Crippen LogP contribution is 2.48. The standard InChI is InChI=1S/C58H58N2/c1-39-31-40(2)34-49(33-39)59(47-27-23-45(24-28-47)43-15-7-5-8-16-43)57-37-55-52-20-12-14-22-54(52)58(38-56(55)51-19-11-13-21-53(51)57)60(50-35-41(3)32-42(4)36-50)48-29-25-46(26-30-48)44-17-9-6-10-18-44/h11-14,19-38,43-44H,5-10,15-18H2,1-4H3. The van der Waals surface area contributed by atoms with Gasteiger partial charge in [0.25, 0.3) is 0 Å². The Morgan fingerprint density at radius 1 is 0.317 bits per heavy atom. The number of nitrogens with zero attached hydrogens (tertiary/aromatic N) is 2. The number of hydrogen-bond donors (Lipinski definition) is 0. The molecular weight excluding hydrogens is 725 g/mol. The van der Waals surface area contributed by atoms with Gasteiger partial charge in [0.05, 0.1) is 11.4 Å². The highest BCUT2D eigenvalue weighted by atomic mass is 15.2. The van der Waals surface area contributed by atoms with Gasteiger partial charge in [-0.05, 0) is 181 Å². The maximum atomic E-state index is 2.52. The highest BCUT2D eigenvalue weighted by Gasteiger charge is 2.24. The summed E-state index contributed by atoms with van der Waals surface area (Å²) in [4.78, 5) is 5.04. The molecule has 2 fully saturated rings. The third-order valence-corrected chi connectivity index (χ3v) is 13.7. The van der Waals surface area contributed by atoms with Crippen molar-refractivity contribution in [1.82, 2.24) is 0 Å². The Labute approximate surface area is 357 Å². The van der Waals surface area contributed by atoms with Gasteiger partial charge in [-0.15, -0.1) is 0 Å². The van der Waals surface area contributed by atoms with E-state index in [1.807, 2.05) is 0 Å². The van der Waals surface area contributed by atoms with Crippen LogP contribution in [0.4, 0.5) is 34.1 Å². The lowest BCUT2D eigenvalue weighted by Crippen LogP contribution is -2.13. The average molecular weight is 783 g/mol. The van der Waals surface area contributed by atoms with Crippen molar-refractivity contribution in [2.75, 3.05) is 9.80 Å². The second-order valence-electron chi connectivity index (χ2n) is 18.2. The van der Waals surface area contributed by atoms with Crippen molar-refractivity contribution in [3.05, 3.63) is 179 Å². The molecule has 60 heavy (non-hydrogen) atoms. The van der Waals surface area contributed by atoms with E-state index in [0.29, 0.717) is 11.8 Å². The fraction of sp³-hybridized carbons (Fsp3) is 0.276. The van der Waals surface area contributed by atoms with E-state index in [0.717, 1.165) is 0 Å². The number of benzene rings is 8. The maximum absolute atomic E-state index is 2.52. The maximum Gasteiger partial charge on any atom is 0.0546 e. The Bertz CT molecular complexity index is 2580. The van der Waals surface area contributed by atoms with E-state index in [4.69, 9.17) is 0 Å². The van der Waals surface area contributed by atoms with Crippen LogP contribution in [0.2, 0.25) is 0 Å². The Morgan fingerprint density at radius 2 is 0.650 bits per heavy atom. The molecule has 2 aliphatic rings. The molecule has 2 heteroatoms. The Balaban J connectivity index is 1.20. The van der Waals surface area contributed by atoms with Gasteiger partial charge in [0.15, 0.2) is 0 Å². The van der Waals surface area contributed by atoms with Gasteiger partial charge in [-0.25, -0.2) is 0 Å².